The maximum Gasteiger partial charge on any atom is 0.178 e. The van der Waals surface area contributed by atoms with E-state index in [-0.39, 0.29) is 21.9 Å². The van der Waals surface area contributed by atoms with Crippen molar-refractivity contribution < 1.29 is 4.39 Å². The molecule has 0 spiro atoms. The fourth-order valence-electron chi connectivity index (χ4n) is 3.18. The quantitative estimate of drug-likeness (QED) is 0.727. The Bertz CT molecular complexity index is 728. The molecule has 0 bridgehead atoms. The highest BCUT2D eigenvalue weighted by molar-refractivity contribution is 7.71. The number of nitrogens with one attached hydrogen (secondary N) is 1. The number of H-pyrrole nitrogens is 1. The van der Waals surface area contributed by atoms with E-state index in [2.05, 4.69) is 32.7 Å². The lowest BCUT2D eigenvalue weighted by atomic mass is 10.0. The average molecular weight is 299 g/mol. The Balaban J connectivity index is 2.29. The van der Waals surface area contributed by atoms with Gasteiger partial charge in [0.1, 0.15) is 5.82 Å². The zero-order valence-corrected chi connectivity index (χ0v) is 12.9. The number of aromatic amines is 1. The van der Waals surface area contributed by atoms with E-state index < -0.39 is 5.82 Å². The van der Waals surface area contributed by atoms with Crippen molar-refractivity contribution in [3.8, 4) is 0 Å². The second-order valence-corrected chi connectivity index (χ2v) is 7.22. The largest absolute Gasteiger partial charge is 0.331 e. The first-order valence-corrected chi connectivity index (χ1v) is 7.06. The molecule has 1 heterocycles. The molecule has 19 heavy (non-hydrogen) atoms. The molecule has 3 rings (SSSR count). The molecule has 1 aromatic heterocycles. The van der Waals surface area contributed by atoms with Crippen molar-refractivity contribution >= 4 is 34.9 Å². The van der Waals surface area contributed by atoms with E-state index in [4.69, 9.17) is 23.8 Å². The molecular weight excluding hydrogens is 283 g/mol. The predicted molar refractivity (Wildman–Crippen MR) is 78.7 cm³/mol. The van der Waals surface area contributed by atoms with Crippen LogP contribution in [0, 0.1) is 21.4 Å². The third kappa shape index (κ3) is 1.56. The number of imidazole rings is 1. The van der Waals surface area contributed by atoms with Crippen molar-refractivity contribution in [2.45, 2.75) is 33.7 Å². The number of benzene rings is 1. The van der Waals surface area contributed by atoms with Crippen LogP contribution >= 0.6 is 23.8 Å². The number of hydrogen-bond donors (Lipinski definition) is 1. The van der Waals surface area contributed by atoms with Crippen LogP contribution in [0.1, 0.15) is 33.7 Å². The zero-order chi connectivity index (χ0) is 14.2. The van der Waals surface area contributed by atoms with Crippen LogP contribution in [0.5, 0.6) is 0 Å². The summed E-state index contributed by atoms with van der Waals surface area (Å²) < 4.78 is 16.4. The van der Waals surface area contributed by atoms with Crippen LogP contribution in [0.3, 0.4) is 0 Å². The molecule has 0 unspecified atom stereocenters. The lowest BCUT2D eigenvalue weighted by Crippen LogP contribution is -2.01. The van der Waals surface area contributed by atoms with Crippen LogP contribution in [0.2, 0.25) is 5.02 Å². The summed E-state index contributed by atoms with van der Waals surface area (Å²) in [6.07, 6.45) is 0. The highest BCUT2D eigenvalue weighted by Gasteiger charge is 2.66. The molecule has 1 aromatic carbocycles. The highest BCUT2D eigenvalue weighted by atomic mass is 35.5. The lowest BCUT2D eigenvalue weighted by Gasteiger charge is -2.07. The lowest BCUT2D eigenvalue weighted by molar-refractivity contribution is 0.457. The molecule has 0 radical (unpaired) electrons. The maximum atomic E-state index is 13.7. The van der Waals surface area contributed by atoms with Gasteiger partial charge in [-0.1, -0.05) is 39.3 Å². The first kappa shape index (κ1) is 13.1. The van der Waals surface area contributed by atoms with E-state index in [0.717, 1.165) is 11.0 Å². The Morgan fingerprint density at radius 2 is 1.84 bits per heavy atom. The predicted octanol–water partition coefficient (Wildman–Crippen LogP) is 5.10. The number of rotatable bonds is 1. The Labute approximate surface area is 121 Å². The van der Waals surface area contributed by atoms with Crippen LogP contribution in [0.15, 0.2) is 12.1 Å². The molecule has 1 saturated carbocycles. The molecule has 1 aliphatic carbocycles. The van der Waals surface area contributed by atoms with Crippen molar-refractivity contribution in [1.82, 2.24) is 9.55 Å². The minimum absolute atomic E-state index is 0.116. The van der Waals surface area contributed by atoms with Gasteiger partial charge >= 0.3 is 0 Å². The van der Waals surface area contributed by atoms with Gasteiger partial charge in [-0.3, -0.25) is 0 Å². The molecule has 1 aliphatic rings. The van der Waals surface area contributed by atoms with E-state index in [1.165, 1.54) is 6.07 Å². The van der Waals surface area contributed by atoms with Gasteiger partial charge in [0.25, 0.3) is 0 Å². The van der Waals surface area contributed by atoms with Gasteiger partial charge < -0.3 is 9.55 Å². The fraction of sp³-hybridized carbons (Fsp3) is 0.500. The van der Waals surface area contributed by atoms with Gasteiger partial charge in [-0.15, -0.1) is 0 Å². The number of halogens is 2. The van der Waals surface area contributed by atoms with Crippen molar-refractivity contribution in [3.63, 3.8) is 0 Å². The monoisotopic (exact) mass is 298 g/mol. The van der Waals surface area contributed by atoms with E-state index in [9.17, 15) is 4.39 Å². The summed E-state index contributed by atoms with van der Waals surface area (Å²) in [6.45, 7) is 8.85. The van der Waals surface area contributed by atoms with Crippen molar-refractivity contribution in [1.29, 1.82) is 0 Å². The summed E-state index contributed by atoms with van der Waals surface area (Å²) in [6, 6.07) is 3.33. The molecule has 1 fully saturated rings. The number of aromatic nitrogens is 2. The Morgan fingerprint density at radius 1 is 1.26 bits per heavy atom. The molecule has 102 valence electrons. The Morgan fingerprint density at radius 3 is 2.37 bits per heavy atom. The Hall–Kier alpha value is -0.870. The van der Waals surface area contributed by atoms with Gasteiger partial charge in [0.2, 0.25) is 0 Å². The first-order valence-electron chi connectivity index (χ1n) is 6.27. The van der Waals surface area contributed by atoms with E-state index in [1.807, 2.05) is 4.57 Å². The SMILES string of the molecule is CC1(C)C(n2c(=S)[nH]c3cc(Cl)c(F)cc32)C1(C)C. The van der Waals surface area contributed by atoms with Crippen molar-refractivity contribution in [3.05, 3.63) is 27.7 Å². The summed E-state index contributed by atoms with van der Waals surface area (Å²) in [5.74, 6) is -0.409. The normalized spacial score (nSPS) is 20.9. The van der Waals surface area contributed by atoms with E-state index in [1.54, 1.807) is 6.07 Å². The van der Waals surface area contributed by atoms with Gasteiger partial charge in [-0.25, -0.2) is 4.39 Å². The van der Waals surface area contributed by atoms with Crippen LogP contribution in [0.4, 0.5) is 4.39 Å². The van der Waals surface area contributed by atoms with Gasteiger partial charge in [-0.2, -0.15) is 0 Å². The molecule has 5 heteroatoms. The second-order valence-electron chi connectivity index (χ2n) is 6.43. The highest BCUT2D eigenvalue weighted by Crippen LogP contribution is 2.71. The van der Waals surface area contributed by atoms with Gasteiger partial charge in [0.15, 0.2) is 4.77 Å². The van der Waals surface area contributed by atoms with Crippen LogP contribution in [-0.2, 0) is 0 Å². The zero-order valence-electron chi connectivity index (χ0n) is 11.3. The smallest absolute Gasteiger partial charge is 0.178 e. The molecule has 0 atom stereocenters. The van der Waals surface area contributed by atoms with Crippen LogP contribution in [0.25, 0.3) is 11.0 Å². The maximum absolute atomic E-state index is 13.7. The van der Waals surface area contributed by atoms with Crippen molar-refractivity contribution in [2.24, 2.45) is 10.8 Å². The molecule has 0 saturated heterocycles. The summed E-state index contributed by atoms with van der Waals surface area (Å²) >= 11 is 11.2. The van der Waals surface area contributed by atoms with Gasteiger partial charge in [0.05, 0.1) is 16.1 Å². The number of nitrogens with zero attached hydrogens (tertiary/aromatic N) is 1. The summed E-state index contributed by atoms with van der Waals surface area (Å²) in [7, 11) is 0. The summed E-state index contributed by atoms with van der Waals surface area (Å²) in [5, 5.41) is 0.116. The second kappa shape index (κ2) is 3.61. The summed E-state index contributed by atoms with van der Waals surface area (Å²) in [5.41, 5.74) is 1.85. The number of fused-ring (bicyclic) bond motifs is 1. The molecule has 2 aromatic rings. The van der Waals surface area contributed by atoms with Crippen molar-refractivity contribution in [2.75, 3.05) is 0 Å². The molecule has 2 nitrogen and oxygen atoms in total. The Kier molecular flexibility index (Phi) is 2.50. The first-order chi connectivity index (χ1) is 8.68. The summed E-state index contributed by atoms with van der Waals surface area (Å²) in [4.78, 5) is 3.12. The average Bonchev–Trinajstić information content (AvgIpc) is 2.54. The topological polar surface area (TPSA) is 20.7 Å². The van der Waals surface area contributed by atoms with E-state index in [0.29, 0.717) is 4.77 Å². The third-order valence-electron chi connectivity index (χ3n) is 4.96. The van der Waals surface area contributed by atoms with Gasteiger partial charge in [0, 0.05) is 12.1 Å². The minimum Gasteiger partial charge on any atom is -0.331 e. The minimum atomic E-state index is -0.409. The van der Waals surface area contributed by atoms with E-state index >= 15 is 0 Å². The number of hydrogen-bond acceptors (Lipinski definition) is 1. The standard InChI is InChI=1S/C14H16ClFN2S/c1-13(2)11(14(13,3)4)18-10-6-8(16)7(15)5-9(10)17-12(18)19/h5-6,11H,1-4H3,(H,17,19). The van der Waals surface area contributed by atoms with Crippen LogP contribution in [-0.4, -0.2) is 9.55 Å². The molecular formula is C14H16ClFN2S. The van der Waals surface area contributed by atoms with Gasteiger partial charge in [-0.05, 0) is 29.1 Å². The molecule has 0 aliphatic heterocycles. The molecule has 1 N–H and O–H groups in total. The van der Waals surface area contributed by atoms with Crippen LogP contribution < -0.4 is 0 Å². The third-order valence-corrected chi connectivity index (χ3v) is 5.55. The molecule has 0 amide bonds. The fourth-order valence-corrected chi connectivity index (χ4v) is 3.66.